The van der Waals surface area contributed by atoms with Crippen molar-refractivity contribution in [3.63, 3.8) is 0 Å². The van der Waals surface area contributed by atoms with Gasteiger partial charge in [0.05, 0.1) is 12.1 Å². The van der Waals surface area contributed by atoms with Gasteiger partial charge in [-0.05, 0) is 54.1 Å². The third kappa shape index (κ3) is 8.16. The molecule has 1 saturated heterocycles. The zero-order chi connectivity index (χ0) is 27.0. The molecule has 0 bridgehead atoms. The quantitative estimate of drug-likeness (QED) is 0.277. The van der Waals surface area contributed by atoms with Crippen molar-refractivity contribution < 1.29 is 27.5 Å². The number of ether oxygens (including phenoxy) is 1. The Hall–Kier alpha value is -3.68. The Bertz CT molecular complexity index is 1230. The summed E-state index contributed by atoms with van der Waals surface area (Å²) < 4.78 is 41.1. The summed E-state index contributed by atoms with van der Waals surface area (Å²) >= 11 is 1.20. The number of amides is 2. The number of aromatic nitrogens is 2. The molecule has 1 fully saturated rings. The van der Waals surface area contributed by atoms with Crippen molar-refractivity contribution in [2.45, 2.75) is 16.8 Å². The Morgan fingerprint density at radius 2 is 1.76 bits per heavy atom. The lowest BCUT2D eigenvalue weighted by Gasteiger charge is -2.27. The molecule has 3 N–H and O–H groups in total. The van der Waals surface area contributed by atoms with E-state index in [0.717, 1.165) is 43.9 Å². The number of halogens is 3. The van der Waals surface area contributed by atoms with E-state index in [1.165, 1.54) is 30.1 Å². The van der Waals surface area contributed by atoms with E-state index in [4.69, 9.17) is 0 Å². The zero-order valence-electron chi connectivity index (χ0n) is 20.1. The van der Waals surface area contributed by atoms with E-state index in [9.17, 15) is 22.8 Å². The number of nitrogens with zero attached hydrogens (tertiary/aromatic N) is 3. The van der Waals surface area contributed by atoms with E-state index in [1.54, 1.807) is 36.7 Å². The summed E-state index contributed by atoms with van der Waals surface area (Å²) in [4.78, 5) is 36.4. The lowest BCUT2D eigenvalue weighted by Crippen LogP contribution is -2.47. The molecular formula is C25H25F3N6O3S. The molecule has 0 saturated carbocycles. The molecule has 9 nitrogen and oxygen atoms in total. The van der Waals surface area contributed by atoms with E-state index < -0.39 is 23.4 Å². The molecule has 0 spiro atoms. The van der Waals surface area contributed by atoms with Crippen molar-refractivity contribution in [2.75, 3.05) is 38.0 Å². The lowest BCUT2D eigenvalue weighted by molar-refractivity contribution is -0.274. The molecule has 1 aromatic carbocycles. The van der Waals surface area contributed by atoms with Crippen LogP contribution in [-0.4, -0.2) is 65.8 Å². The summed E-state index contributed by atoms with van der Waals surface area (Å²) in [7, 11) is 0. The summed E-state index contributed by atoms with van der Waals surface area (Å²) in [6, 6.07) is 11.6. The molecule has 38 heavy (non-hydrogen) atoms. The van der Waals surface area contributed by atoms with Gasteiger partial charge in [0.25, 0.3) is 5.91 Å². The normalized spacial score (nSPS) is 14.9. The number of hydrogen-bond acceptors (Lipinski definition) is 8. The molecule has 0 radical (unpaired) electrons. The predicted octanol–water partition coefficient (Wildman–Crippen LogP) is 3.44. The van der Waals surface area contributed by atoms with Crippen molar-refractivity contribution in [2.24, 2.45) is 0 Å². The van der Waals surface area contributed by atoms with Gasteiger partial charge in [0, 0.05) is 50.5 Å². The number of nitrogens with one attached hydrogen (secondary N) is 3. The van der Waals surface area contributed by atoms with E-state index >= 15 is 0 Å². The molecule has 1 atom stereocenters. The largest absolute Gasteiger partial charge is 0.573 e. The second kappa shape index (κ2) is 12.7. The summed E-state index contributed by atoms with van der Waals surface area (Å²) in [5.74, 6) is -1.07. The number of thioether (sulfide) groups is 1. The Kier molecular flexibility index (Phi) is 9.15. The van der Waals surface area contributed by atoms with Crippen LogP contribution in [0.2, 0.25) is 0 Å². The highest BCUT2D eigenvalue weighted by Gasteiger charge is 2.31. The van der Waals surface area contributed by atoms with Crippen LogP contribution in [0.4, 0.5) is 18.9 Å². The van der Waals surface area contributed by atoms with Gasteiger partial charge in [0.2, 0.25) is 5.91 Å². The number of benzene rings is 1. The lowest BCUT2D eigenvalue weighted by atomic mass is 10.2. The number of carbonyl (C=O) groups excluding carboxylic acids is 2. The van der Waals surface area contributed by atoms with E-state index in [0.29, 0.717) is 5.03 Å². The Labute approximate surface area is 221 Å². The van der Waals surface area contributed by atoms with Gasteiger partial charge in [-0.1, -0.05) is 11.8 Å². The molecule has 3 aromatic rings. The number of anilines is 1. The number of rotatable bonds is 9. The van der Waals surface area contributed by atoms with E-state index in [-0.39, 0.29) is 23.7 Å². The monoisotopic (exact) mass is 546 g/mol. The maximum Gasteiger partial charge on any atom is 0.573 e. The number of alkyl halides is 3. The van der Waals surface area contributed by atoms with Gasteiger partial charge < -0.3 is 20.7 Å². The second-order valence-electron chi connectivity index (χ2n) is 8.25. The fraction of sp³-hybridized carbons (Fsp3) is 0.280. The number of pyridine rings is 2. The van der Waals surface area contributed by atoms with Crippen LogP contribution < -0.4 is 20.7 Å². The number of hydrogen-bond donors (Lipinski definition) is 3. The highest BCUT2D eigenvalue weighted by atomic mass is 32.2. The molecule has 3 heterocycles. The van der Waals surface area contributed by atoms with Gasteiger partial charge >= 0.3 is 6.36 Å². The van der Waals surface area contributed by atoms with Crippen molar-refractivity contribution in [1.82, 2.24) is 25.5 Å². The second-order valence-corrected chi connectivity index (χ2v) is 9.35. The topological polar surface area (TPSA) is 108 Å². The third-order valence-electron chi connectivity index (χ3n) is 5.47. The average molecular weight is 547 g/mol. The summed E-state index contributed by atoms with van der Waals surface area (Å²) in [6.45, 7) is 3.43. The molecule has 13 heteroatoms. The van der Waals surface area contributed by atoms with E-state index in [2.05, 4.69) is 35.6 Å². The molecule has 1 aliphatic rings. The van der Waals surface area contributed by atoms with Crippen LogP contribution >= 0.6 is 11.8 Å². The summed E-state index contributed by atoms with van der Waals surface area (Å²) in [6.07, 6.45) is -0.0416. The smallest absolute Gasteiger partial charge is 0.406 e. The van der Waals surface area contributed by atoms with Crippen LogP contribution in [0.3, 0.4) is 0 Å². The summed E-state index contributed by atoms with van der Waals surface area (Å²) in [5, 5.41) is 8.75. The van der Waals surface area contributed by atoms with Crippen LogP contribution in [-0.2, 0) is 4.79 Å². The van der Waals surface area contributed by atoms with Gasteiger partial charge in [-0.2, -0.15) is 0 Å². The first kappa shape index (κ1) is 27.4. The Morgan fingerprint density at radius 1 is 1.05 bits per heavy atom. The minimum atomic E-state index is -4.81. The van der Waals surface area contributed by atoms with Gasteiger partial charge in [0.15, 0.2) is 0 Å². The van der Waals surface area contributed by atoms with Crippen LogP contribution in [0.5, 0.6) is 5.75 Å². The molecule has 4 rings (SSSR count). The molecule has 2 aromatic heterocycles. The van der Waals surface area contributed by atoms with Crippen molar-refractivity contribution in [3.8, 4) is 5.75 Å². The number of carbonyl (C=O) groups is 2. The molecule has 0 aliphatic carbocycles. The minimum absolute atomic E-state index is 0.163. The molecule has 2 amide bonds. The summed E-state index contributed by atoms with van der Waals surface area (Å²) in [5.41, 5.74) is 1.29. The maximum atomic E-state index is 13.1. The minimum Gasteiger partial charge on any atom is -0.406 e. The van der Waals surface area contributed by atoms with Crippen molar-refractivity contribution in [1.29, 1.82) is 0 Å². The highest BCUT2D eigenvalue weighted by molar-refractivity contribution is 7.99. The molecule has 200 valence electrons. The van der Waals surface area contributed by atoms with Crippen LogP contribution in [0.25, 0.3) is 0 Å². The highest BCUT2D eigenvalue weighted by Crippen LogP contribution is 2.34. The van der Waals surface area contributed by atoms with Gasteiger partial charge in [0.1, 0.15) is 16.1 Å². The van der Waals surface area contributed by atoms with Crippen molar-refractivity contribution in [3.05, 3.63) is 78.2 Å². The third-order valence-corrected chi connectivity index (χ3v) is 6.64. The van der Waals surface area contributed by atoms with E-state index in [1.807, 2.05) is 0 Å². The zero-order valence-corrected chi connectivity index (χ0v) is 20.9. The average Bonchev–Trinajstić information content (AvgIpc) is 2.90. The van der Waals surface area contributed by atoms with Crippen LogP contribution in [0.15, 0.2) is 72.1 Å². The number of piperazine rings is 1. The Balaban J connectivity index is 1.48. The molecule has 1 unspecified atom stereocenters. The first-order valence-corrected chi connectivity index (χ1v) is 12.6. The van der Waals surface area contributed by atoms with Gasteiger partial charge in [-0.15, -0.1) is 13.2 Å². The van der Waals surface area contributed by atoms with Crippen LogP contribution in [0.1, 0.15) is 21.3 Å². The van der Waals surface area contributed by atoms with Crippen molar-refractivity contribution >= 4 is 29.3 Å². The predicted molar refractivity (Wildman–Crippen MR) is 136 cm³/mol. The molecular weight excluding hydrogens is 521 g/mol. The van der Waals surface area contributed by atoms with Crippen LogP contribution in [0, 0.1) is 0 Å². The first-order valence-electron chi connectivity index (χ1n) is 11.7. The Morgan fingerprint density at radius 3 is 2.45 bits per heavy atom. The first-order chi connectivity index (χ1) is 18.3. The van der Waals surface area contributed by atoms with Gasteiger partial charge in [-0.25, -0.2) is 4.98 Å². The SMILES string of the molecule is O=C(CN1CCNCC1)NC(Sc1ncccc1C(=O)Nc1ccc(OC(F)(F)F)cc1)c1ccncc1. The van der Waals surface area contributed by atoms with Gasteiger partial charge in [-0.3, -0.25) is 19.5 Å². The standard InChI is InChI=1S/C25H25F3N6O3S/c26-25(27,28)37-19-5-3-18(4-6-19)32-22(36)20-2-1-9-31-24(20)38-23(17-7-10-29-11-8-17)33-21(35)16-34-14-12-30-13-15-34/h1-11,23,30H,12-16H2,(H,32,36)(H,33,35). The maximum absolute atomic E-state index is 13.1. The molecule has 1 aliphatic heterocycles. The fourth-order valence-corrected chi connectivity index (χ4v) is 4.81. The fourth-order valence-electron chi connectivity index (χ4n) is 3.69.